The molecule has 0 bridgehead atoms. The summed E-state index contributed by atoms with van der Waals surface area (Å²) in [6.07, 6.45) is 3.27. The Kier molecular flexibility index (Phi) is 5.64. The standard InChI is InChI=1S/C24H17N3O6S/c1-15-2-5-17(6-3-15)26-23(28)19(12-16-4-8-20-21(13-16)32-14-31-20)25-24(26)34-11-10-18-7-9-22(33-18)27(29)30/h2-13H,14H2,1H3/b11-10+,19-12-. The van der Waals surface area contributed by atoms with Gasteiger partial charge in [0.05, 0.1) is 11.8 Å². The van der Waals surface area contributed by atoms with Crippen molar-refractivity contribution in [1.29, 1.82) is 0 Å². The molecule has 1 aromatic heterocycles. The first kappa shape index (κ1) is 21.5. The Morgan fingerprint density at radius 2 is 1.88 bits per heavy atom. The third-order valence-corrected chi connectivity index (χ3v) is 5.78. The number of nitro groups is 1. The number of nitrogens with zero attached hydrogens (tertiary/aromatic N) is 3. The first-order chi connectivity index (χ1) is 16.5. The van der Waals surface area contributed by atoms with Crippen LogP contribution in [-0.4, -0.2) is 22.8 Å². The number of carbonyl (C=O) groups is 1. The molecule has 0 spiro atoms. The summed E-state index contributed by atoms with van der Waals surface area (Å²) in [5.74, 6) is 0.981. The molecule has 10 heteroatoms. The molecule has 0 radical (unpaired) electrons. The highest BCUT2D eigenvalue weighted by Gasteiger charge is 2.31. The van der Waals surface area contributed by atoms with E-state index in [1.165, 1.54) is 28.8 Å². The molecule has 0 unspecified atom stereocenters. The smallest absolute Gasteiger partial charge is 0.433 e. The van der Waals surface area contributed by atoms with Gasteiger partial charge in [0.2, 0.25) is 6.79 Å². The third kappa shape index (κ3) is 4.30. The summed E-state index contributed by atoms with van der Waals surface area (Å²) in [5.41, 5.74) is 2.77. The molecule has 0 aliphatic carbocycles. The Hall–Kier alpha value is -4.31. The van der Waals surface area contributed by atoms with Crippen molar-refractivity contribution in [2.45, 2.75) is 6.92 Å². The van der Waals surface area contributed by atoms with E-state index in [4.69, 9.17) is 13.9 Å². The van der Waals surface area contributed by atoms with Crippen molar-refractivity contribution in [3.8, 4) is 11.5 Å². The first-order valence-corrected chi connectivity index (χ1v) is 11.0. The van der Waals surface area contributed by atoms with Crippen LogP contribution in [0.15, 0.2) is 75.1 Å². The normalized spacial score (nSPS) is 16.0. The Morgan fingerprint density at radius 3 is 2.65 bits per heavy atom. The van der Waals surface area contributed by atoms with Crippen LogP contribution in [0, 0.1) is 17.0 Å². The Balaban J connectivity index is 1.44. The molecule has 2 aliphatic heterocycles. The lowest BCUT2D eigenvalue weighted by molar-refractivity contribution is -0.402. The van der Waals surface area contributed by atoms with Gasteiger partial charge in [0.15, 0.2) is 16.7 Å². The van der Waals surface area contributed by atoms with Crippen molar-refractivity contribution in [1.82, 2.24) is 0 Å². The van der Waals surface area contributed by atoms with E-state index >= 15 is 0 Å². The Morgan fingerprint density at radius 1 is 1.09 bits per heavy atom. The summed E-state index contributed by atoms with van der Waals surface area (Å²) < 4.78 is 15.9. The molecule has 0 saturated carbocycles. The van der Waals surface area contributed by atoms with Gasteiger partial charge in [0.25, 0.3) is 5.91 Å². The lowest BCUT2D eigenvalue weighted by atomic mass is 10.1. The van der Waals surface area contributed by atoms with Crippen molar-refractivity contribution in [3.05, 3.63) is 92.7 Å². The maximum atomic E-state index is 13.3. The van der Waals surface area contributed by atoms with Gasteiger partial charge in [-0.05, 0) is 60.4 Å². The molecule has 3 heterocycles. The van der Waals surface area contributed by atoms with Gasteiger partial charge in [-0.1, -0.05) is 35.5 Å². The van der Waals surface area contributed by atoms with Crippen LogP contribution in [0.2, 0.25) is 0 Å². The van der Waals surface area contributed by atoms with Crippen LogP contribution in [0.4, 0.5) is 11.6 Å². The number of hydrogen-bond donors (Lipinski definition) is 0. The second-order valence-electron chi connectivity index (χ2n) is 7.37. The minimum atomic E-state index is -0.601. The predicted octanol–water partition coefficient (Wildman–Crippen LogP) is 5.37. The van der Waals surface area contributed by atoms with Crippen LogP contribution in [0.5, 0.6) is 11.5 Å². The number of benzene rings is 2. The summed E-state index contributed by atoms with van der Waals surface area (Å²) >= 11 is 1.20. The molecule has 0 fully saturated rings. The number of rotatable bonds is 5. The number of thioether (sulfide) groups is 1. The highest BCUT2D eigenvalue weighted by atomic mass is 32.2. The molecular formula is C24H17N3O6S. The first-order valence-electron chi connectivity index (χ1n) is 10.2. The molecule has 5 rings (SSSR count). The lowest BCUT2D eigenvalue weighted by Gasteiger charge is -2.17. The van der Waals surface area contributed by atoms with Crippen LogP contribution in [0.1, 0.15) is 16.9 Å². The van der Waals surface area contributed by atoms with Gasteiger partial charge in [0, 0.05) is 0 Å². The molecule has 2 aliphatic rings. The minimum absolute atomic E-state index is 0.166. The quantitative estimate of drug-likeness (QED) is 0.277. The molecular weight excluding hydrogens is 458 g/mol. The van der Waals surface area contributed by atoms with E-state index in [9.17, 15) is 14.9 Å². The van der Waals surface area contributed by atoms with Crippen LogP contribution in [-0.2, 0) is 4.79 Å². The van der Waals surface area contributed by atoms with E-state index in [1.807, 2.05) is 37.3 Å². The number of anilines is 1. The number of amidine groups is 1. The van der Waals surface area contributed by atoms with Crippen LogP contribution < -0.4 is 14.4 Å². The lowest BCUT2D eigenvalue weighted by Crippen LogP contribution is -2.29. The molecule has 3 aromatic rings. The van der Waals surface area contributed by atoms with E-state index < -0.39 is 4.92 Å². The van der Waals surface area contributed by atoms with E-state index in [1.54, 1.807) is 29.7 Å². The summed E-state index contributed by atoms with van der Waals surface area (Å²) in [6, 6.07) is 15.7. The van der Waals surface area contributed by atoms with E-state index in [-0.39, 0.29) is 24.3 Å². The van der Waals surface area contributed by atoms with Crippen molar-refractivity contribution in [2.75, 3.05) is 11.7 Å². The molecule has 0 N–H and O–H groups in total. The van der Waals surface area contributed by atoms with Gasteiger partial charge in [-0.15, -0.1) is 0 Å². The van der Waals surface area contributed by atoms with E-state index in [2.05, 4.69) is 4.99 Å². The number of amides is 1. The average Bonchev–Trinajstić information content (AvgIpc) is 3.54. The minimum Gasteiger partial charge on any atom is -0.454 e. The largest absolute Gasteiger partial charge is 0.454 e. The van der Waals surface area contributed by atoms with Gasteiger partial charge < -0.3 is 13.9 Å². The SMILES string of the molecule is Cc1ccc(N2C(=O)/C(=C/c3ccc4c(c3)OCO4)N=C2S/C=C/c2ccc([N+](=O)[O-])o2)cc1. The summed E-state index contributed by atoms with van der Waals surface area (Å²) in [6.45, 7) is 2.13. The Bertz CT molecular complexity index is 1370. The Labute approximate surface area is 198 Å². The number of aliphatic imine (C=N–C) groups is 1. The number of aryl methyl sites for hydroxylation is 1. The van der Waals surface area contributed by atoms with Crippen LogP contribution >= 0.6 is 11.8 Å². The molecule has 34 heavy (non-hydrogen) atoms. The van der Waals surface area contributed by atoms with E-state index in [0.29, 0.717) is 28.1 Å². The molecule has 2 aromatic carbocycles. The van der Waals surface area contributed by atoms with Gasteiger partial charge in [-0.25, -0.2) is 4.99 Å². The fraction of sp³-hybridized carbons (Fsp3) is 0.0833. The maximum absolute atomic E-state index is 13.3. The topological polar surface area (TPSA) is 107 Å². The van der Waals surface area contributed by atoms with Crippen molar-refractivity contribution in [2.24, 2.45) is 4.99 Å². The number of carbonyl (C=O) groups excluding carboxylic acids is 1. The monoisotopic (exact) mass is 475 g/mol. The highest BCUT2D eigenvalue weighted by molar-refractivity contribution is 8.16. The van der Waals surface area contributed by atoms with Gasteiger partial charge in [-0.3, -0.25) is 19.8 Å². The van der Waals surface area contributed by atoms with Crippen molar-refractivity contribution >= 4 is 46.6 Å². The molecule has 170 valence electrons. The van der Waals surface area contributed by atoms with Gasteiger partial charge in [-0.2, -0.15) is 0 Å². The maximum Gasteiger partial charge on any atom is 0.433 e. The second-order valence-corrected chi connectivity index (χ2v) is 8.24. The zero-order chi connectivity index (χ0) is 23.7. The zero-order valence-electron chi connectivity index (χ0n) is 17.8. The zero-order valence-corrected chi connectivity index (χ0v) is 18.7. The number of fused-ring (bicyclic) bond motifs is 1. The van der Waals surface area contributed by atoms with Crippen LogP contribution in [0.25, 0.3) is 12.2 Å². The number of hydrogen-bond acceptors (Lipinski definition) is 8. The number of ether oxygens (including phenoxy) is 2. The van der Waals surface area contributed by atoms with Gasteiger partial charge >= 0.3 is 5.88 Å². The third-order valence-electron chi connectivity index (χ3n) is 5.02. The fourth-order valence-corrected chi connectivity index (χ4v) is 4.12. The molecule has 0 saturated heterocycles. The van der Waals surface area contributed by atoms with Crippen LogP contribution in [0.3, 0.4) is 0 Å². The summed E-state index contributed by atoms with van der Waals surface area (Å²) in [7, 11) is 0. The molecule has 9 nitrogen and oxygen atoms in total. The highest BCUT2D eigenvalue weighted by Crippen LogP contribution is 2.35. The molecule has 0 atom stereocenters. The molecule has 1 amide bonds. The van der Waals surface area contributed by atoms with E-state index in [0.717, 1.165) is 11.1 Å². The summed E-state index contributed by atoms with van der Waals surface area (Å²) in [4.78, 5) is 29.6. The second kappa shape index (κ2) is 8.91. The predicted molar refractivity (Wildman–Crippen MR) is 129 cm³/mol. The number of furan rings is 1. The fourth-order valence-electron chi connectivity index (χ4n) is 3.35. The summed E-state index contributed by atoms with van der Waals surface area (Å²) in [5, 5.41) is 12.9. The average molecular weight is 475 g/mol. The van der Waals surface area contributed by atoms with Crippen molar-refractivity contribution in [3.63, 3.8) is 0 Å². The van der Waals surface area contributed by atoms with Gasteiger partial charge in [0.1, 0.15) is 16.4 Å². The van der Waals surface area contributed by atoms with Crippen molar-refractivity contribution < 1.29 is 23.6 Å².